The van der Waals surface area contributed by atoms with Crippen LogP contribution in [-0.4, -0.2) is 19.8 Å². The molecule has 0 aromatic heterocycles. The molecule has 134 valence electrons. The molecule has 0 N–H and O–H groups in total. The van der Waals surface area contributed by atoms with E-state index in [1.165, 1.54) is 15.9 Å². The molecular weight excluding hydrogens is 388 g/mol. The molecule has 0 bridgehead atoms. The Labute approximate surface area is 162 Å². The predicted octanol–water partition coefficient (Wildman–Crippen LogP) is 5.29. The van der Waals surface area contributed by atoms with Crippen LogP contribution in [0.5, 0.6) is 0 Å². The van der Waals surface area contributed by atoms with Crippen molar-refractivity contribution in [2.45, 2.75) is 44.0 Å². The molecule has 3 heteroatoms. The van der Waals surface area contributed by atoms with Gasteiger partial charge < -0.3 is 4.43 Å². The van der Waals surface area contributed by atoms with Crippen molar-refractivity contribution in [2.75, 3.05) is 6.61 Å². The molecule has 0 aliphatic heterocycles. The second-order valence-corrected chi connectivity index (χ2v) is 13.2. The van der Waals surface area contributed by atoms with E-state index in [2.05, 4.69) is 111 Å². The molecule has 0 aliphatic carbocycles. The van der Waals surface area contributed by atoms with E-state index in [0.717, 1.165) is 6.42 Å². The van der Waals surface area contributed by atoms with Gasteiger partial charge in [0.1, 0.15) is 0 Å². The van der Waals surface area contributed by atoms with Crippen LogP contribution in [0.25, 0.3) is 0 Å². The van der Waals surface area contributed by atoms with Crippen molar-refractivity contribution >= 4 is 34.6 Å². The average molecular weight is 417 g/mol. The van der Waals surface area contributed by atoms with Crippen molar-refractivity contribution < 1.29 is 4.43 Å². The fraction of sp³-hybridized carbons (Fsp3) is 0.364. The Morgan fingerprint density at radius 2 is 1.44 bits per heavy atom. The van der Waals surface area contributed by atoms with E-state index in [1.807, 2.05) is 0 Å². The van der Waals surface area contributed by atoms with E-state index in [0.29, 0.717) is 11.4 Å². The third-order valence-corrected chi connectivity index (χ3v) is 10.4. The summed E-state index contributed by atoms with van der Waals surface area (Å²) in [5, 5.41) is 2.68. The number of hydrogen-bond acceptors (Lipinski definition) is 1. The van der Waals surface area contributed by atoms with Crippen molar-refractivity contribution in [3.05, 3.63) is 72.8 Å². The Morgan fingerprint density at radius 3 is 1.80 bits per heavy atom. The van der Waals surface area contributed by atoms with Crippen LogP contribution >= 0.6 is 15.9 Å². The van der Waals surface area contributed by atoms with Crippen LogP contribution in [0.2, 0.25) is 5.04 Å². The molecule has 1 unspecified atom stereocenters. The molecule has 0 aliphatic rings. The van der Waals surface area contributed by atoms with Gasteiger partial charge in [0.2, 0.25) is 0 Å². The van der Waals surface area contributed by atoms with Crippen LogP contribution in [0, 0.1) is 0 Å². The smallest absolute Gasteiger partial charge is 0.261 e. The van der Waals surface area contributed by atoms with E-state index in [-0.39, 0.29) is 5.04 Å². The molecule has 0 saturated heterocycles. The number of benzene rings is 2. The molecule has 1 atom stereocenters. The van der Waals surface area contributed by atoms with Gasteiger partial charge in [-0.05, 0) is 28.8 Å². The van der Waals surface area contributed by atoms with Crippen LogP contribution in [0.15, 0.2) is 72.8 Å². The highest BCUT2D eigenvalue weighted by molar-refractivity contribution is 9.09. The van der Waals surface area contributed by atoms with Gasteiger partial charge in [-0.25, -0.2) is 0 Å². The molecule has 0 saturated carbocycles. The van der Waals surface area contributed by atoms with Gasteiger partial charge in [0.05, 0.1) is 0 Å². The van der Waals surface area contributed by atoms with Crippen LogP contribution < -0.4 is 10.4 Å². The molecule has 2 rings (SSSR count). The summed E-state index contributed by atoms with van der Waals surface area (Å²) in [4.78, 5) is 0.315. The fourth-order valence-corrected chi connectivity index (χ4v) is 8.09. The first-order chi connectivity index (χ1) is 11.8. The third kappa shape index (κ3) is 4.52. The maximum Gasteiger partial charge on any atom is 0.261 e. The Hall–Kier alpha value is -1.16. The van der Waals surface area contributed by atoms with Crippen molar-refractivity contribution in [3.8, 4) is 0 Å². The van der Waals surface area contributed by atoms with E-state index in [9.17, 15) is 0 Å². The molecular formula is C22H29BrOSi. The number of rotatable bonds is 7. The number of halogens is 1. The highest BCUT2D eigenvalue weighted by Crippen LogP contribution is 2.37. The predicted molar refractivity (Wildman–Crippen MR) is 116 cm³/mol. The molecule has 0 radical (unpaired) electrons. The molecule has 1 nitrogen and oxygen atoms in total. The van der Waals surface area contributed by atoms with E-state index >= 15 is 0 Å². The second kappa shape index (κ2) is 8.48. The first-order valence-electron chi connectivity index (χ1n) is 8.86. The van der Waals surface area contributed by atoms with Gasteiger partial charge in [-0.3, -0.25) is 0 Å². The molecule has 0 fully saturated rings. The summed E-state index contributed by atoms with van der Waals surface area (Å²) in [6, 6.07) is 21.5. The van der Waals surface area contributed by atoms with Crippen molar-refractivity contribution in [3.63, 3.8) is 0 Å². The molecule has 0 spiro atoms. The normalized spacial score (nSPS) is 13.5. The molecule has 2 aromatic rings. The second-order valence-electron chi connectivity index (χ2n) is 7.54. The third-order valence-electron chi connectivity index (χ3n) is 4.72. The minimum atomic E-state index is -2.41. The Morgan fingerprint density at radius 1 is 1.00 bits per heavy atom. The van der Waals surface area contributed by atoms with Gasteiger partial charge in [-0.1, -0.05) is 110 Å². The lowest BCUT2D eigenvalue weighted by Gasteiger charge is -2.43. The maximum absolute atomic E-state index is 6.84. The Bertz CT molecular complexity index is 635. The molecule has 0 amide bonds. The number of alkyl halides is 1. The van der Waals surface area contributed by atoms with Gasteiger partial charge in [0, 0.05) is 11.4 Å². The Kier molecular flexibility index (Phi) is 6.84. The standard InChI is InChI=1S/C22H29BrOSi/c1-18(19(2)23)16-17-24-25(22(3,4)5,20-12-8-6-9-13-20)21-14-10-7-11-15-21/h6-15,19H,1,16-17H2,2-5H3. The quantitative estimate of drug-likeness (QED) is 0.338. The summed E-state index contributed by atoms with van der Waals surface area (Å²) in [5.74, 6) is 0. The van der Waals surface area contributed by atoms with E-state index < -0.39 is 8.32 Å². The SMILES string of the molecule is C=C(CCO[Si](c1ccccc1)(c1ccccc1)C(C)(C)C)C(C)Br. The topological polar surface area (TPSA) is 9.23 Å². The summed E-state index contributed by atoms with van der Waals surface area (Å²) >= 11 is 3.61. The fourth-order valence-electron chi connectivity index (χ4n) is 3.30. The van der Waals surface area contributed by atoms with Gasteiger partial charge >= 0.3 is 0 Å². The molecule has 0 heterocycles. The average Bonchev–Trinajstić information content (AvgIpc) is 2.59. The summed E-state index contributed by atoms with van der Waals surface area (Å²) in [5.41, 5.74) is 1.18. The summed E-state index contributed by atoms with van der Waals surface area (Å²) in [7, 11) is -2.41. The zero-order valence-electron chi connectivity index (χ0n) is 15.8. The summed E-state index contributed by atoms with van der Waals surface area (Å²) in [6.07, 6.45) is 0.872. The zero-order chi connectivity index (χ0) is 18.5. The lowest BCUT2D eigenvalue weighted by molar-refractivity contribution is 0.301. The van der Waals surface area contributed by atoms with Gasteiger partial charge in [-0.2, -0.15) is 0 Å². The first-order valence-corrected chi connectivity index (χ1v) is 11.7. The molecule has 2 aromatic carbocycles. The van der Waals surface area contributed by atoms with Gasteiger partial charge in [0.15, 0.2) is 0 Å². The van der Waals surface area contributed by atoms with Crippen LogP contribution in [-0.2, 0) is 4.43 Å². The highest BCUT2D eigenvalue weighted by Gasteiger charge is 2.49. The minimum Gasteiger partial charge on any atom is -0.407 e. The van der Waals surface area contributed by atoms with Crippen LogP contribution in [0.1, 0.15) is 34.1 Å². The zero-order valence-corrected chi connectivity index (χ0v) is 18.3. The van der Waals surface area contributed by atoms with Crippen molar-refractivity contribution in [2.24, 2.45) is 0 Å². The van der Waals surface area contributed by atoms with E-state index in [1.54, 1.807) is 0 Å². The number of hydrogen-bond donors (Lipinski definition) is 0. The van der Waals surface area contributed by atoms with Gasteiger partial charge in [0.25, 0.3) is 8.32 Å². The van der Waals surface area contributed by atoms with Crippen LogP contribution in [0.3, 0.4) is 0 Å². The first kappa shape index (κ1) is 20.2. The lowest BCUT2D eigenvalue weighted by Crippen LogP contribution is -2.66. The molecule has 25 heavy (non-hydrogen) atoms. The van der Waals surface area contributed by atoms with Gasteiger partial charge in [-0.15, -0.1) is 0 Å². The largest absolute Gasteiger partial charge is 0.407 e. The van der Waals surface area contributed by atoms with Crippen molar-refractivity contribution in [1.82, 2.24) is 0 Å². The lowest BCUT2D eigenvalue weighted by atomic mass is 10.2. The Balaban J connectivity index is 2.47. The summed E-state index contributed by atoms with van der Waals surface area (Å²) < 4.78 is 6.84. The monoisotopic (exact) mass is 416 g/mol. The van der Waals surface area contributed by atoms with Crippen molar-refractivity contribution in [1.29, 1.82) is 0 Å². The highest BCUT2D eigenvalue weighted by atomic mass is 79.9. The maximum atomic E-state index is 6.84. The van der Waals surface area contributed by atoms with E-state index in [4.69, 9.17) is 4.43 Å². The summed E-state index contributed by atoms with van der Waals surface area (Å²) in [6.45, 7) is 13.9. The van der Waals surface area contributed by atoms with Crippen LogP contribution in [0.4, 0.5) is 0 Å². The minimum absolute atomic E-state index is 0.0249.